The van der Waals surface area contributed by atoms with Crippen molar-refractivity contribution < 1.29 is 18.7 Å². The van der Waals surface area contributed by atoms with Crippen molar-refractivity contribution >= 4 is 28.5 Å². The maximum absolute atomic E-state index is 12.2. The van der Waals surface area contributed by atoms with Crippen molar-refractivity contribution in [1.82, 2.24) is 15.8 Å². The van der Waals surface area contributed by atoms with Gasteiger partial charge in [0.25, 0.3) is 5.91 Å². The van der Waals surface area contributed by atoms with Crippen LogP contribution in [0.15, 0.2) is 52.9 Å². The second kappa shape index (κ2) is 10.8. The minimum atomic E-state index is -0.399. The molecule has 8 nitrogen and oxygen atoms in total. The Bertz CT molecular complexity index is 1170. The van der Waals surface area contributed by atoms with Gasteiger partial charge in [-0.25, -0.2) is 0 Å². The van der Waals surface area contributed by atoms with Crippen LogP contribution in [0.1, 0.15) is 30.6 Å². The standard InChI is InChI=1S/C27H32N4O4/c32-26(12-13-30-14-16-31(17-15-30)20-6-2-1-3-7-20)28-29-27(33)19-34-21-10-11-25-23(18-21)22-8-4-5-9-24(22)35-25/h1-3,6-7,10-11,18H,4-5,8-9,12-17,19H2,(H,28,32)(H,29,33). The SMILES string of the molecule is O=C(CCN1CCN(c2ccccc2)CC1)NNC(=O)COc1ccc2oc3c(c2c1)CCCC3. The lowest BCUT2D eigenvalue weighted by molar-refractivity contribution is -0.130. The van der Waals surface area contributed by atoms with Gasteiger partial charge in [-0.15, -0.1) is 0 Å². The van der Waals surface area contributed by atoms with Crippen molar-refractivity contribution in [2.75, 3.05) is 44.2 Å². The topological polar surface area (TPSA) is 87.1 Å². The van der Waals surface area contributed by atoms with Crippen LogP contribution in [0.3, 0.4) is 0 Å². The average Bonchev–Trinajstić information content (AvgIpc) is 3.28. The molecule has 2 N–H and O–H groups in total. The Morgan fingerprint density at radius 3 is 2.51 bits per heavy atom. The molecule has 0 radical (unpaired) electrons. The molecule has 1 fully saturated rings. The maximum Gasteiger partial charge on any atom is 0.276 e. The van der Waals surface area contributed by atoms with E-state index in [1.807, 2.05) is 18.2 Å². The number of ether oxygens (including phenoxy) is 1. The highest BCUT2D eigenvalue weighted by Gasteiger charge is 2.19. The van der Waals surface area contributed by atoms with Crippen molar-refractivity contribution in [1.29, 1.82) is 0 Å². The van der Waals surface area contributed by atoms with E-state index < -0.39 is 5.91 Å². The zero-order chi connectivity index (χ0) is 24.0. The summed E-state index contributed by atoms with van der Waals surface area (Å²) in [7, 11) is 0. The molecule has 1 saturated heterocycles. The lowest BCUT2D eigenvalue weighted by Gasteiger charge is -2.36. The highest BCUT2D eigenvalue weighted by molar-refractivity contribution is 5.85. The van der Waals surface area contributed by atoms with Crippen LogP contribution in [0, 0.1) is 0 Å². The number of hydrogen-bond acceptors (Lipinski definition) is 6. The third-order valence-electron chi connectivity index (χ3n) is 6.79. The molecule has 0 bridgehead atoms. The highest BCUT2D eigenvalue weighted by Crippen LogP contribution is 2.33. The fourth-order valence-corrected chi connectivity index (χ4v) is 4.85. The smallest absolute Gasteiger partial charge is 0.276 e. The van der Waals surface area contributed by atoms with Crippen LogP contribution in [0.4, 0.5) is 5.69 Å². The van der Waals surface area contributed by atoms with E-state index in [-0.39, 0.29) is 12.5 Å². The van der Waals surface area contributed by atoms with Crippen LogP contribution in [-0.4, -0.2) is 56.0 Å². The van der Waals surface area contributed by atoms with E-state index in [0.29, 0.717) is 18.7 Å². The number of carbonyl (C=O) groups excluding carboxylic acids is 2. The number of carbonyl (C=O) groups is 2. The fraction of sp³-hybridized carbons (Fsp3) is 0.407. The quantitative estimate of drug-likeness (QED) is 0.510. The van der Waals surface area contributed by atoms with Gasteiger partial charge in [0.2, 0.25) is 5.91 Å². The minimum absolute atomic E-state index is 0.173. The second-order valence-corrected chi connectivity index (χ2v) is 9.17. The molecule has 0 saturated carbocycles. The molecule has 35 heavy (non-hydrogen) atoms. The van der Waals surface area contributed by atoms with Gasteiger partial charge in [0.05, 0.1) is 0 Å². The summed E-state index contributed by atoms with van der Waals surface area (Å²) in [6, 6.07) is 16.0. The van der Waals surface area contributed by atoms with Crippen LogP contribution >= 0.6 is 0 Å². The molecule has 184 valence electrons. The van der Waals surface area contributed by atoms with Gasteiger partial charge in [-0.05, 0) is 49.6 Å². The van der Waals surface area contributed by atoms with Crippen molar-refractivity contribution in [3.8, 4) is 5.75 Å². The summed E-state index contributed by atoms with van der Waals surface area (Å²) in [6.07, 6.45) is 4.65. The molecule has 2 aromatic carbocycles. The number of anilines is 1. The third kappa shape index (κ3) is 5.77. The molecule has 0 atom stereocenters. The summed E-state index contributed by atoms with van der Waals surface area (Å²) < 4.78 is 11.6. The van der Waals surface area contributed by atoms with Gasteiger partial charge >= 0.3 is 0 Å². The Balaban J connectivity index is 1.01. The van der Waals surface area contributed by atoms with Gasteiger partial charge in [-0.2, -0.15) is 0 Å². The molecule has 3 aromatic rings. The van der Waals surface area contributed by atoms with Crippen LogP contribution in [0.2, 0.25) is 0 Å². The number of benzene rings is 2. The van der Waals surface area contributed by atoms with Gasteiger partial charge in [0.1, 0.15) is 17.1 Å². The summed E-state index contributed by atoms with van der Waals surface area (Å²) in [4.78, 5) is 29.0. The zero-order valence-corrected chi connectivity index (χ0v) is 19.9. The average molecular weight is 477 g/mol. The molecular weight excluding hydrogens is 444 g/mol. The van der Waals surface area contributed by atoms with Gasteiger partial charge < -0.3 is 14.1 Å². The summed E-state index contributed by atoms with van der Waals surface area (Å²) in [6.45, 7) is 4.18. The van der Waals surface area contributed by atoms with E-state index in [1.165, 1.54) is 17.7 Å². The Kier molecular flexibility index (Phi) is 7.18. The summed E-state index contributed by atoms with van der Waals surface area (Å²) in [5, 5.41) is 1.07. The lowest BCUT2D eigenvalue weighted by atomic mass is 9.96. The molecular formula is C27H32N4O4. The Hall–Kier alpha value is -3.52. The molecule has 0 spiro atoms. The van der Waals surface area contributed by atoms with Crippen molar-refractivity contribution in [3.63, 3.8) is 0 Å². The molecule has 1 aromatic heterocycles. The molecule has 8 heteroatoms. The summed E-state index contributed by atoms with van der Waals surface area (Å²) in [5.74, 6) is 1.07. The monoisotopic (exact) mass is 476 g/mol. The number of nitrogens with one attached hydrogen (secondary N) is 2. The van der Waals surface area contributed by atoms with Crippen molar-refractivity contribution in [2.24, 2.45) is 0 Å². The number of aryl methyl sites for hydroxylation is 2. The van der Waals surface area contributed by atoms with Crippen LogP contribution < -0.4 is 20.5 Å². The largest absolute Gasteiger partial charge is 0.484 e. The normalized spacial score (nSPS) is 16.1. The number of fused-ring (bicyclic) bond motifs is 3. The fourth-order valence-electron chi connectivity index (χ4n) is 4.85. The number of para-hydroxylation sites is 1. The third-order valence-corrected chi connectivity index (χ3v) is 6.79. The number of nitrogens with zero attached hydrogens (tertiary/aromatic N) is 2. The van der Waals surface area contributed by atoms with Gasteiger partial charge in [0, 0.05) is 62.2 Å². The van der Waals surface area contributed by atoms with Crippen molar-refractivity contribution in [2.45, 2.75) is 32.1 Å². The van der Waals surface area contributed by atoms with Crippen LogP contribution in [0.5, 0.6) is 5.75 Å². The maximum atomic E-state index is 12.2. The molecule has 2 aliphatic rings. The van der Waals surface area contributed by atoms with E-state index in [9.17, 15) is 9.59 Å². The van der Waals surface area contributed by atoms with Crippen LogP contribution in [0.25, 0.3) is 11.0 Å². The van der Waals surface area contributed by atoms with Gasteiger partial charge in [0.15, 0.2) is 6.61 Å². The zero-order valence-electron chi connectivity index (χ0n) is 19.9. The predicted molar refractivity (Wildman–Crippen MR) is 134 cm³/mol. The Morgan fingerprint density at radius 2 is 1.69 bits per heavy atom. The van der Waals surface area contributed by atoms with Gasteiger partial charge in [-0.1, -0.05) is 18.2 Å². The van der Waals surface area contributed by atoms with Gasteiger partial charge in [-0.3, -0.25) is 25.3 Å². The Labute approximate surface area is 205 Å². The first-order valence-corrected chi connectivity index (χ1v) is 12.4. The first kappa shape index (κ1) is 23.2. The van der Waals surface area contributed by atoms with E-state index >= 15 is 0 Å². The summed E-state index contributed by atoms with van der Waals surface area (Å²) >= 11 is 0. The van der Waals surface area contributed by atoms with Crippen LogP contribution in [-0.2, 0) is 22.4 Å². The number of hydrazine groups is 1. The number of piperazine rings is 1. The minimum Gasteiger partial charge on any atom is -0.484 e. The number of rotatable bonds is 7. The molecule has 1 aliphatic heterocycles. The number of hydrogen-bond donors (Lipinski definition) is 2. The molecule has 5 rings (SSSR count). The van der Waals surface area contributed by atoms with E-state index in [2.05, 4.69) is 44.9 Å². The first-order valence-electron chi connectivity index (χ1n) is 12.4. The molecule has 1 aliphatic carbocycles. The second-order valence-electron chi connectivity index (χ2n) is 9.17. The summed E-state index contributed by atoms with van der Waals surface area (Å²) in [5.41, 5.74) is 8.29. The predicted octanol–water partition coefficient (Wildman–Crippen LogP) is 3.05. The van der Waals surface area contributed by atoms with E-state index in [4.69, 9.17) is 9.15 Å². The molecule has 2 heterocycles. The lowest BCUT2D eigenvalue weighted by Crippen LogP contribution is -2.48. The number of furan rings is 1. The number of amides is 2. The molecule has 2 amide bonds. The first-order chi connectivity index (χ1) is 17.2. The van der Waals surface area contributed by atoms with E-state index in [0.717, 1.165) is 62.2 Å². The van der Waals surface area contributed by atoms with E-state index in [1.54, 1.807) is 6.07 Å². The van der Waals surface area contributed by atoms with Crippen molar-refractivity contribution in [3.05, 3.63) is 59.9 Å². The molecule has 0 unspecified atom stereocenters. The highest BCUT2D eigenvalue weighted by atomic mass is 16.5. The Morgan fingerprint density at radius 1 is 0.914 bits per heavy atom.